The van der Waals surface area contributed by atoms with Gasteiger partial charge in [0.15, 0.2) is 0 Å². The lowest BCUT2D eigenvalue weighted by molar-refractivity contribution is -0.131. The number of carbonyl (C=O) groups is 1. The van der Waals surface area contributed by atoms with Gasteiger partial charge in [-0.05, 0) is 36.3 Å². The summed E-state index contributed by atoms with van der Waals surface area (Å²) in [6.45, 7) is 1.93. The highest BCUT2D eigenvalue weighted by atomic mass is 32.2. The molecule has 2 rings (SSSR count). The molecule has 0 saturated heterocycles. The predicted molar refractivity (Wildman–Crippen MR) is 79.5 cm³/mol. The summed E-state index contributed by atoms with van der Waals surface area (Å²) in [4.78, 5) is 14.8. The van der Waals surface area contributed by atoms with E-state index < -0.39 is 5.97 Å². The van der Waals surface area contributed by atoms with E-state index in [1.54, 1.807) is 17.4 Å². The number of hydrogen-bond acceptors (Lipinski definition) is 4. The summed E-state index contributed by atoms with van der Waals surface area (Å²) < 4.78 is 14.4. The van der Waals surface area contributed by atoms with E-state index in [2.05, 4.69) is 4.98 Å². The number of benzene rings is 1. The topological polar surface area (TPSA) is 50.2 Å². The fourth-order valence-electron chi connectivity index (χ4n) is 1.57. The summed E-state index contributed by atoms with van der Waals surface area (Å²) in [6.07, 6.45) is 2.38. The Hall–Kier alpha value is -1.66. The lowest BCUT2D eigenvalue weighted by atomic mass is 10.1. The van der Waals surface area contributed by atoms with E-state index in [-0.39, 0.29) is 5.82 Å². The van der Waals surface area contributed by atoms with Crippen LogP contribution in [0.15, 0.2) is 34.0 Å². The fraction of sp³-hybridized carbons (Fsp3) is 0.143. The lowest BCUT2D eigenvalue weighted by Gasteiger charge is -2.02. The van der Waals surface area contributed by atoms with Crippen LogP contribution >= 0.6 is 23.1 Å². The number of aromatic nitrogens is 1. The summed E-state index contributed by atoms with van der Waals surface area (Å²) in [5.41, 5.74) is 2.31. The molecule has 0 amide bonds. The summed E-state index contributed by atoms with van der Waals surface area (Å²) in [5.74, 6) is -0.828. The van der Waals surface area contributed by atoms with Gasteiger partial charge in [0.05, 0.1) is 0 Å². The normalized spacial score (nSPS) is 11.1. The predicted octanol–water partition coefficient (Wildman–Crippen LogP) is 3.98. The highest BCUT2D eigenvalue weighted by Crippen LogP contribution is 2.26. The number of carboxylic acids is 1. The summed E-state index contributed by atoms with van der Waals surface area (Å²) in [5, 5.41) is 10.5. The van der Waals surface area contributed by atoms with E-state index in [0.29, 0.717) is 11.3 Å². The van der Waals surface area contributed by atoms with Crippen LogP contribution in [0, 0.1) is 12.7 Å². The summed E-state index contributed by atoms with van der Waals surface area (Å²) >= 11 is 3.09. The zero-order valence-corrected chi connectivity index (χ0v) is 12.3. The highest BCUT2D eigenvalue weighted by Gasteiger charge is 2.03. The number of aliphatic carboxylic acids is 1. The average molecular weight is 309 g/mol. The van der Waals surface area contributed by atoms with Crippen LogP contribution in [-0.2, 0) is 10.5 Å². The highest BCUT2D eigenvalue weighted by molar-refractivity contribution is 8.00. The molecule has 0 radical (unpaired) electrons. The molecule has 0 saturated carbocycles. The molecule has 1 N–H and O–H groups in total. The zero-order valence-electron chi connectivity index (χ0n) is 10.7. The number of aryl methyl sites for hydroxylation is 1. The van der Waals surface area contributed by atoms with Crippen molar-refractivity contribution < 1.29 is 14.3 Å². The van der Waals surface area contributed by atoms with E-state index in [9.17, 15) is 9.18 Å². The lowest BCUT2D eigenvalue weighted by Crippen LogP contribution is -1.89. The Morgan fingerprint density at radius 3 is 2.95 bits per heavy atom. The van der Waals surface area contributed by atoms with Crippen LogP contribution in [0.2, 0.25) is 0 Å². The molecule has 0 aliphatic carbocycles. The molecule has 6 heteroatoms. The van der Waals surface area contributed by atoms with Crippen molar-refractivity contribution in [2.75, 3.05) is 0 Å². The van der Waals surface area contributed by atoms with Crippen LogP contribution in [0.5, 0.6) is 0 Å². The molecular formula is C14H12FNO2S2. The molecule has 0 spiro atoms. The maximum Gasteiger partial charge on any atom is 0.328 e. The molecule has 0 bridgehead atoms. The molecule has 0 aliphatic heterocycles. The third-order valence-corrected chi connectivity index (χ3v) is 4.57. The number of carboxylic acid groups (broad SMARTS) is 1. The molecule has 3 nitrogen and oxygen atoms in total. The van der Waals surface area contributed by atoms with Gasteiger partial charge in [-0.3, -0.25) is 0 Å². The van der Waals surface area contributed by atoms with Gasteiger partial charge < -0.3 is 5.11 Å². The van der Waals surface area contributed by atoms with Gasteiger partial charge in [0.25, 0.3) is 0 Å². The first-order valence-corrected chi connectivity index (χ1v) is 7.65. The van der Waals surface area contributed by atoms with Crippen molar-refractivity contribution >= 4 is 35.1 Å². The minimum absolute atomic E-state index is 0.372. The van der Waals surface area contributed by atoms with Crippen molar-refractivity contribution in [2.24, 2.45) is 0 Å². The van der Waals surface area contributed by atoms with E-state index >= 15 is 0 Å². The minimum Gasteiger partial charge on any atom is -0.478 e. The molecule has 104 valence electrons. The molecule has 2 aromatic rings. The SMILES string of the molecule is Cc1csc(SCc2cc(F)cc(C=CC(=O)O)c2)n1. The molecule has 0 unspecified atom stereocenters. The average Bonchev–Trinajstić information content (AvgIpc) is 2.79. The minimum atomic E-state index is -1.05. The van der Waals surface area contributed by atoms with Crippen LogP contribution in [0.4, 0.5) is 4.39 Å². The van der Waals surface area contributed by atoms with Crippen molar-refractivity contribution in [3.05, 3.63) is 52.3 Å². The fourth-order valence-corrected chi connectivity index (χ4v) is 3.35. The number of hydrogen-bond donors (Lipinski definition) is 1. The van der Waals surface area contributed by atoms with Gasteiger partial charge in [-0.1, -0.05) is 17.8 Å². The standard InChI is InChI=1S/C14H12FNO2S2/c1-9-7-19-14(16-9)20-8-11-4-10(2-3-13(17)18)5-12(15)6-11/h2-7H,8H2,1H3,(H,17,18). The smallest absolute Gasteiger partial charge is 0.328 e. The Labute approximate surface area is 124 Å². The van der Waals surface area contributed by atoms with E-state index in [1.807, 2.05) is 12.3 Å². The number of rotatable bonds is 5. The molecule has 0 fully saturated rings. The molecule has 1 aromatic carbocycles. The Kier molecular flexibility index (Phi) is 4.92. The second-order valence-corrected chi connectivity index (χ2v) is 6.19. The van der Waals surface area contributed by atoms with Crippen LogP contribution in [0.3, 0.4) is 0 Å². The molecule has 1 aromatic heterocycles. The Balaban J connectivity index is 2.09. The van der Waals surface area contributed by atoms with Crippen LogP contribution in [-0.4, -0.2) is 16.1 Å². The first-order valence-electron chi connectivity index (χ1n) is 5.78. The monoisotopic (exact) mass is 309 g/mol. The van der Waals surface area contributed by atoms with Crippen LogP contribution in [0.1, 0.15) is 16.8 Å². The Bertz CT molecular complexity index is 652. The second kappa shape index (κ2) is 6.67. The third-order valence-electron chi connectivity index (χ3n) is 2.36. The van der Waals surface area contributed by atoms with Gasteiger partial charge in [0, 0.05) is 22.9 Å². The van der Waals surface area contributed by atoms with Gasteiger partial charge >= 0.3 is 5.97 Å². The van der Waals surface area contributed by atoms with Crippen LogP contribution in [0.25, 0.3) is 6.08 Å². The van der Waals surface area contributed by atoms with Crippen molar-refractivity contribution in [1.29, 1.82) is 0 Å². The van der Waals surface area contributed by atoms with Gasteiger partial charge in [-0.15, -0.1) is 11.3 Å². The van der Waals surface area contributed by atoms with Crippen molar-refractivity contribution in [3.8, 4) is 0 Å². The van der Waals surface area contributed by atoms with Crippen LogP contribution < -0.4 is 0 Å². The van der Waals surface area contributed by atoms with Gasteiger partial charge in [0.2, 0.25) is 0 Å². The molecule has 1 heterocycles. The molecule has 0 aliphatic rings. The molecule has 0 atom stereocenters. The third kappa shape index (κ3) is 4.47. The quantitative estimate of drug-likeness (QED) is 0.670. The van der Waals surface area contributed by atoms with Gasteiger partial charge in [0.1, 0.15) is 10.2 Å². The Morgan fingerprint density at radius 1 is 1.50 bits per heavy atom. The zero-order chi connectivity index (χ0) is 14.5. The number of halogens is 1. The molecule has 20 heavy (non-hydrogen) atoms. The number of thiazole rings is 1. The maximum atomic E-state index is 13.5. The summed E-state index contributed by atoms with van der Waals surface area (Å²) in [7, 11) is 0. The van der Waals surface area contributed by atoms with Gasteiger partial charge in [-0.25, -0.2) is 14.2 Å². The largest absolute Gasteiger partial charge is 0.478 e. The van der Waals surface area contributed by atoms with Crippen molar-refractivity contribution in [3.63, 3.8) is 0 Å². The van der Waals surface area contributed by atoms with E-state index in [0.717, 1.165) is 21.7 Å². The number of nitrogens with zero attached hydrogens (tertiary/aromatic N) is 1. The Morgan fingerprint density at radius 2 is 2.30 bits per heavy atom. The van der Waals surface area contributed by atoms with Crippen molar-refractivity contribution in [1.82, 2.24) is 4.98 Å². The second-order valence-electron chi connectivity index (χ2n) is 4.11. The summed E-state index contributed by atoms with van der Waals surface area (Å²) in [6, 6.07) is 4.53. The maximum absolute atomic E-state index is 13.5. The van der Waals surface area contributed by atoms with E-state index in [1.165, 1.54) is 30.0 Å². The van der Waals surface area contributed by atoms with Crippen molar-refractivity contribution in [2.45, 2.75) is 17.0 Å². The number of thioether (sulfide) groups is 1. The first kappa shape index (κ1) is 14.7. The van der Waals surface area contributed by atoms with Gasteiger partial charge in [-0.2, -0.15) is 0 Å². The molecular weight excluding hydrogens is 297 g/mol. The first-order chi connectivity index (χ1) is 9.52. The van der Waals surface area contributed by atoms with E-state index in [4.69, 9.17) is 5.11 Å².